The van der Waals surface area contributed by atoms with E-state index in [9.17, 15) is 19.3 Å². The number of amides is 1. The monoisotopic (exact) mass is 288 g/mol. The van der Waals surface area contributed by atoms with Crippen LogP contribution < -0.4 is 5.43 Å². The first kappa shape index (κ1) is 14.3. The minimum atomic E-state index is -0.681. The Morgan fingerprint density at radius 3 is 2.90 bits per heavy atom. The van der Waals surface area contributed by atoms with E-state index in [0.29, 0.717) is 0 Å². The zero-order chi connectivity index (χ0) is 15.2. The number of carbonyl (C=O) groups is 1. The lowest BCUT2D eigenvalue weighted by Gasteiger charge is -1.99. The maximum absolute atomic E-state index is 13.4. The van der Waals surface area contributed by atoms with Crippen LogP contribution in [0.4, 0.5) is 10.1 Å². The van der Waals surface area contributed by atoms with Crippen molar-refractivity contribution < 1.29 is 14.1 Å². The maximum Gasteiger partial charge on any atom is 0.272 e. The summed E-state index contributed by atoms with van der Waals surface area (Å²) in [5.41, 5.74) is 2.10. The van der Waals surface area contributed by atoms with E-state index in [1.165, 1.54) is 18.5 Å². The fourth-order valence-corrected chi connectivity index (χ4v) is 1.47. The van der Waals surface area contributed by atoms with Crippen molar-refractivity contribution in [2.75, 3.05) is 0 Å². The summed E-state index contributed by atoms with van der Waals surface area (Å²) >= 11 is 0. The normalized spacial score (nSPS) is 10.5. The molecule has 0 saturated heterocycles. The van der Waals surface area contributed by atoms with Crippen molar-refractivity contribution in [3.63, 3.8) is 0 Å². The number of halogens is 1. The number of nitrogens with one attached hydrogen (secondary N) is 1. The van der Waals surface area contributed by atoms with E-state index in [-0.39, 0.29) is 16.8 Å². The van der Waals surface area contributed by atoms with Gasteiger partial charge in [-0.1, -0.05) is 0 Å². The van der Waals surface area contributed by atoms with Gasteiger partial charge in [-0.2, -0.15) is 5.10 Å². The van der Waals surface area contributed by atoms with E-state index in [0.717, 1.165) is 24.4 Å². The number of benzene rings is 1. The molecular formula is C13H9FN4O3. The van der Waals surface area contributed by atoms with Gasteiger partial charge in [0.1, 0.15) is 5.82 Å². The second-order valence-corrected chi connectivity index (χ2v) is 3.90. The van der Waals surface area contributed by atoms with Crippen molar-refractivity contribution in [2.45, 2.75) is 0 Å². The molecule has 0 aliphatic carbocycles. The van der Waals surface area contributed by atoms with Crippen LogP contribution in [0.5, 0.6) is 0 Å². The number of nitro benzene ring substituents is 1. The molecule has 0 aliphatic heterocycles. The molecule has 1 aromatic heterocycles. The fraction of sp³-hybridized carbons (Fsp3) is 0. The Morgan fingerprint density at radius 1 is 1.43 bits per heavy atom. The van der Waals surface area contributed by atoms with Crippen LogP contribution in [0.15, 0.2) is 47.8 Å². The van der Waals surface area contributed by atoms with Gasteiger partial charge in [0.25, 0.3) is 11.6 Å². The molecule has 1 amide bonds. The molecule has 1 aromatic carbocycles. The summed E-state index contributed by atoms with van der Waals surface area (Å²) in [6, 6.07) is 6.14. The number of carbonyl (C=O) groups excluding carboxylic acids is 1. The molecule has 8 heteroatoms. The Kier molecular flexibility index (Phi) is 4.30. The molecule has 1 heterocycles. The van der Waals surface area contributed by atoms with E-state index in [4.69, 9.17) is 0 Å². The molecule has 1 N–H and O–H groups in total. The SMILES string of the molecule is O=C(N/N=C/c1cc([N+](=O)[O-])ccc1F)c1cccnc1. The van der Waals surface area contributed by atoms with Crippen molar-refractivity contribution in [1.82, 2.24) is 10.4 Å². The highest BCUT2D eigenvalue weighted by Gasteiger charge is 2.09. The Balaban J connectivity index is 2.10. The summed E-state index contributed by atoms with van der Waals surface area (Å²) in [5, 5.41) is 14.2. The first-order chi connectivity index (χ1) is 10.1. The lowest BCUT2D eigenvalue weighted by Crippen LogP contribution is -2.17. The van der Waals surface area contributed by atoms with Crippen molar-refractivity contribution in [1.29, 1.82) is 0 Å². The Hall–Kier alpha value is -3.16. The molecular weight excluding hydrogens is 279 g/mol. The zero-order valence-electron chi connectivity index (χ0n) is 10.6. The molecule has 0 saturated carbocycles. The Bertz CT molecular complexity index is 704. The topological polar surface area (TPSA) is 97.5 Å². The second kappa shape index (κ2) is 6.33. The van der Waals surface area contributed by atoms with Crippen molar-refractivity contribution in [3.05, 3.63) is 69.8 Å². The quantitative estimate of drug-likeness (QED) is 0.527. The standard InChI is InChI=1S/C13H9FN4O3/c14-12-4-3-11(18(20)21)6-10(12)8-16-17-13(19)9-2-1-5-15-7-9/h1-8H,(H,17,19)/b16-8+. The first-order valence-electron chi connectivity index (χ1n) is 5.75. The van der Waals surface area contributed by atoms with Crippen LogP contribution in [-0.4, -0.2) is 22.0 Å². The zero-order valence-corrected chi connectivity index (χ0v) is 10.6. The molecule has 0 aliphatic rings. The van der Waals surface area contributed by atoms with Crippen LogP contribution in [-0.2, 0) is 0 Å². The van der Waals surface area contributed by atoms with Crippen LogP contribution >= 0.6 is 0 Å². The number of hydrogen-bond donors (Lipinski definition) is 1. The van der Waals surface area contributed by atoms with E-state index in [1.54, 1.807) is 6.07 Å². The van der Waals surface area contributed by atoms with Crippen LogP contribution in [0.25, 0.3) is 0 Å². The molecule has 0 unspecified atom stereocenters. The summed E-state index contributed by atoms with van der Waals surface area (Å²) < 4.78 is 13.4. The van der Waals surface area contributed by atoms with Crippen molar-refractivity contribution in [2.24, 2.45) is 5.10 Å². The number of nitro groups is 1. The average Bonchev–Trinajstić information content (AvgIpc) is 2.49. The van der Waals surface area contributed by atoms with Crippen LogP contribution in [0.1, 0.15) is 15.9 Å². The average molecular weight is 288 g/mol. The van der Waals surface area contributed by atoms with Gasteiger partial charge in [0, 0.05) is 30.1 Å². The molecule has 7 nitrogen and oxygen atoms in total. The van der Waals surface area contributed by atoms with E-state index in [1.807, 2.05) is 0 Å². The molecule has 0 fully saturated rings. The highest BCUT2D eigenvalue weighted by Crippen LogP contribution is 2.15. The van der Waals surface area contributed by atoms with Gasteiger partial charge in [0.2, 0.25) is 0 Å². The van der Waals surface area contributed by atoms with Gasteiger partial charge in [0.15, 0.2) is 0 Å². The van der Waals surface area contributed by atoms with Gasteiger partial charge < -0.3 is 0 Å². The predicted molar refractivity (Wildman–Crippen MR) is 72.4 cm³/mol. The molecule has 106 valence electrons. The number of hydrogen-bond acceptors (Lipinski definition) is 5. The smallest absolute Gasteiger partial charge is 0.267 e. The predicted octanol–water partition coefficient (Wildman–Crippen LogP) is 1.89. The Labute approximate surface area is 118 Å². The van der Waals surface area contributed by atoms with E-state index < -0.39 is 16.6 Å². The fourth-order valence-electron chi connectivity index (χ4n) is 1.47. The minimum absolute atomic E-state index is 0.101. The number of pyridine rings is 1. The van der Waals surface area contributed by atoms with Crippen LogP contribution in [0, 0.1) is 15.9 Å². The van der Waals surface area contributed by atoms with Crippen LogP contribution in [0.2, 0.25) is 0 Å². The molecule has 0 bridgehead atoms. The summed E-state index contributed by atoms with van der Waals surface area (Å²) in [4.78, 5) is 25.3. The maximum atomic E-state index is 13.4. The highest BCUT2D eigenvalue weighted by molar-refractivity contribution is 5.94. The Morgan fingerprint density at radius 2 is 2.24 bits per heavy atom. The number of non-ortho nitro benzene ring substituents is 1. The van der Waals surface area contributed by atoms with Crippen LogP contribution in [0.3, 0.4) is 0 Å². The molecule has 2 aromatic rings. The third-order valence-electron chi connectivity index (χ3n) is 2.48. The minimum Gasteiger partial charge on any atom is -0.267 e. The highest BCUT2D eigenvalue weighted by atomic mass is 19.1. The number of nitrogens with zero attached hydrogens (tertiary/aromatic N) is 3. The third kappa shape index (κ3) is 3.66. The summed E-state index contributed by atoms with van der Waals surface area (Å²) in [6.07, 6.45) is 3.86. The molecule has 21 heavy (non-hydrogen) atoms. The van der Waals surface area contributed by atoms with E-state index >= 15 is 0 Å². The van der Waals surface area contributed by atoms with Crippen molar-refractivity contribution >= 4 is 17.8 Å². The number of rotatable bonds is 4. The summed E-state index contributed by atoms with van der Waals surface area (Å²) in [7, 11) is 0. The lowest BCUT2D eigenvalue weighted by molar-refractivity contribution is -0.384. The van der Waals surface area contributed by atoms with Gasteiger partial charge in [-0.15, -0.1) is 0 Å². The first-order valence-corrected chi connectivity index (χ1v) is 5.75. The molecule has 2 rings (SSSR count). The molecule has 0 spiro atoms. The molecule has 0 atom stereocenters. The van der Waals surface area contributed by atoms with Gasteiger partial charge in [0.05, 0.1) is 16.7 Å². The lowest BCUT2D eigenvalue weighted by atomic mass is 10.2. The summed E-state index contributed by atoms with van der Waals surface area (Å²) in [6.45, 7) is 0. The van der Waals surface area contributed by atoms with Crippen molar-refractivity contribution in [3.8, 4) is 0 Å². The number of hydrazone groups is 1. The number of aromatic nitrogens is 1. The van der Waals surface area contributed by atoms with Gasteiger partial charge in [-0.05, 0) is 18.2 Å². The molecule has 0 radical (unpaired) electrons. The summed E-state index contributed by atoms with van der Waals surface area (Å²) in [5.74, 6) is -1.20. The third-order valence-corrected chi connectivity index (χ3v) is 2.48. The van der Waals surface area contributed by atoms with Gasteiger partial charge >= 0.3 is 0 Å². The second-order valence-electron chi connectivity index (χ2n) is 3.90. The largest absolute Gasteiger partial charge is 0.272 e. The van der Waals surface area contributed by atoms with E-state index in [2.05, 4.69) is 15.5 Å². The van der Waals surface area contributed by atoms with Gasteiger partial charge in [-0.25, -0.2) is 9.82 Å². The van der Waals surface area contributed by atoms with Gasteiger partial charge in [-0.3, -0.25) is 19.9 Å².